The number of anilines is 1. The summed E-state index contributed by atoms with van der Waals surface area (Å²) in [6.07, 6.45) is 1.09. The van der Waals surface area contributed by atoms with Gasteiger partial charge in [0.25, 0.3) is 0 Å². The maximum atomic E-state index is 4.53. The van der Waals surface area contributed by atoms with Gasteiger partial charge in [-0.05, 0) is 18.6 Å². The van der Waals surface area contributed by atoms with Gasteiger partial charge in [0, 0.05) is 6.54 Å². The van der Waals surface area contributed by atoms with Crippen LogP contribution in [0.5, 0.6) is 0 Å². The van der Waals surface area contributed by atoms with Crippen molar-refractivity contribution >= 4 is 39.3 Å². The number of rotatable bonds is 6. The SMILES string of the molecule is CCCNc1nnc(CSc2nc3ccccc3[nH]2)s1. The van der Waals surface area contributed by atoms with Gasteiger partial charge in [-0.3, -0.25) is 0 Å². The van der Waals surface area contributed by atoms with Gasteiger partial charge in [0.15, 0.2) is 5.16 Å². The molecule has 0 bridgehead atoms. The van der Waals surface area contributed by atoms with E-state index < -0.39 is 0 Å². The minimum Gasteiger partial charge on any atom is -0.360 e. The van der Waals surface area contributed by atoms with Crippen LogP contribution in [0.1, 0.15) is 18.4 Å². The van der Waals surface area contributed by atoms with Crippen molar-refractivity contribution in [2.24, 2.45) is 0 Å². The van der Waals surface area contributed by atoms with Crippen LogP contribution in [0.15, 0.2) is 29.4 Å². The number of thioether (sulfide) groups is 1. The predicted molar refractivity (Wildman–Crippen MR) is 84.3 cm³/mol. The predicted octanol–water partition coefficient (Wildman–Crippen LogP) is 3.53. The molecule has 0 unspecified atom stereocenters. The van der Waals surface area contributed by atoms with Gasteiger partial charge in [-0.2, -0.15) is 0 Å². The summed E-state index contributed by atoms with van der Waals surface area (Å²) in [6, 6.07) is 8.04. The number of nitrogens with one attached hydrogen (secondary N) is 2. The normalized spacial score (nSPS) is 11.1. The van der Waals surface area contributed by atoms with E-state index in [-0.39, 0.29) is 0 Å². The van der Waals surface area contributed by atoms with Gasteiger partial charge < -0.3 is 10.3 Å². The molecule has 3 aromatic rings. The van der Waals surface area contributed by atoms with E-state index in [2.05, 4.69) is 32.4 Å². The van der Waals surface area contributed by atoms with Gasteiger partial charge >= 0.3 is 0 Å². The highest BCUT2D eigenvalue weighted by atomic mass is 32.2. The van der Waals surface area contributed by atoms with Crippen LogP contribution < -0.4 is 5.32 Å². The van der Waals surface area contributed by atoms with E-state index in [1.807, 2.05) is 24.3 Å². The average molecular weight is 305 g/mol. The molecule has 0 saturated heterocycles. The van der Waals surface area contributed by atoms with Crippen molar-refractivity contribution in [1.29, 1.82) is 0 Å². The number of H-pyrrole nitrogens is 1. The molecule has 1 aromatic carbocycles. The molecule has 7 heteroatoms. The van der Waals surface area contributed by atoms with Crippen LogP contribution in [0.3, 0.4) is 0 Å². The first-order valence-electron chi connectivity index (χ1n) is 6.49. The number of para-hydroxylation sites is 2. The maximum absolute atomic E-state index is 4.53. The van der Waals surface area contributed by atoms with Gasteiger partial charge in [-0.15, -0.1) is 10.2 Å². The lowest BCUT2D eigenvalue weighted by atomic mass is 10.3. The molecule has 0 atom stereocenters. The van der Waals surface area contributed by atoms with E-state index in [9.17, 15) is 0 Å². The lowest BCUT2D eigenvalue weighted by Gasteiger charge is -1.95. The first-order chi connectivity index (χ1) is 9.85. The number of nitrogens with zero attached hydrogens (tertiary/aromatic N) is 3. The van der Waals surface area contributed by atoms with Crippen LogP contribution >= 0.6 is 23.1 Å². The minimum atomic E-state index is 0.783. The lowest BCUT2D eigenvalue weighted by Crippen LogP contribution is -1.98. The third-order valence-electron chi connectivity index (χ3n) is 2.69. The molecule has 20 heavy (non-hydrogen) atoms. The lowest BCUT2D eigenvalue weighted by molar-refractivity contribution is 0.957. The third-order valence-corrected chi connectivity index (χ3v) is 4.64. The molecule has 3 rings (SSSR count). The van der Waals surface area contributed by atoms with Crippen LogP contribution in [0.4, 0.5) is 5.13 Å². The Balaban J connectivity index is 1.62. The fourth-order valence-electron chi connectivity index (χ4n) is 1.74. The second kappa shape index (κ2) is 6.23. The highest BCUT2D eigenvalue weighted by Crippen LogP contribution is 2.25. The number of fused-ring (bicyclic) bond motifs is 1. The van der Waals surface area contributed by atoms with Crippen LogP contribution in [-0.2, 0) is 5.75 Å². The smallest absolute Gasteiger partial charge is 0.205 e. The number of hydrogen-bond acceptors (Lipinski definition) is 6. The molecule has 0 saturated carbocycles. The standard InChI is InChI=1S/C13H15N5S2/c1-2-7-14-12-18-17-11(20-12)8-19-13-15-9-5-3-4-6-10(9)16-13/h3-6H,2,7-8H2,1H3,(H,14,18)(H,15,16). The molecule has 104 valence electrons. The molecule has 0 amide bonds. The third kappa shape index (κ3) is 3.10. The summed E-state index contributed by atoms with van der Waals surface area (Å²) >= 11 is 3.25. The molecule has 0 aliphatic rings. The van der Waals surface area contributed by atoms with Crippen molar-refractivity contribution in [3.63, 3.8) is 0 Å². The number of benzene rings is 1. The molecule has 2 heterocycles. The molecule has 2 N–H and O–H groups in total. The van der Waals surface area contributed by atoms with Crippen molar-refractivity contribution < 1.29 is 0 Å². The van der Waals surface area contributed by atoms with Crippen molar-refractivity contribution in [1.82, 2.24) is 20.2 Å². The van der Waals surface area contributed by atoms with Gasteiger partial charge in [-0.1, -0.05) is 42.2 Å². The summed E-state index contributed by atoms with van der Waals surface area (Å²) in [4.78, 5) is 7.83. The zero-order valence-corrected chi connectivity index (χ0v) is 12.7. The Hall–Kier alpha value is -1.60. The molecule has 2 aromatic heterocycles. The zero-order valence-electron chi connectivity index (χ0n) is 11.1. The van der Waals surface area contributed by atoms with Crippen molar-refractivity contribution in [2.45, 2.75) is 24.3 Å². The molecule has 0 fully saturated rings. The Morgan fingerprint density at radius 1 is 1.30 bits per heavy atom. The first-order valence-corrected chi connectivity index (χ1v) is 8.29. The zero-order chi connectivity index (χ0) is 13.8. The van der Waals surface area contributed by atoms with Crippen LogP contribution in [0.25, 0.3) is 11.0 Å². The van der Waals surface area contributed by atoms with E-state index >= 15 is 0 Å². The van der Waals surface area contributed by atoms with E-state index in [0.29, 0.717) is 0 Å². The van der Waals surface area contributed by atoms with Gasteiger partial charge in [-0.25, -0.2) is 4.98 Å². The van der Waals surface area contributed by atoms with Gasteiger partial charge in [0.05, 0.1) is 16.8 Å². The Morgan fingerprint density at radius 2 is 2.20 bits per heavy atom. The minimum absolute atomic E-state index is 0.783. The Bertz CT molecular complexity index is 658. The summed E-state index contributed by atoms with van der Waals surface area (Å²) in [5, 5.41) is 14.4. The Kier molecular flexibility index (Phi) is 4.17. The highest BCUT2D eigenvalue weighted by molar-refractivity contribution is 7.98. The van der Waals surface area contributed by atoms with E-state index in [1.165, 1.54) is 0 Å². The second-order valence-electron chi connectivity index (χ2n) is 4.28. The van der Waals surface area contributed by atoms with Crippen LogP contribution in [0, 0.1) is 0 Å². The summed E-state index contributed by atoms with van der Waals surface area (Å²) in [6.45, 7) is 3.07. The van der Waals surface area contributed by atoms with Crippen LogP contribution in [-0.4, -0.2) is 26.7 Å². The Labute approximate surface area is 125 Å². The number of imidazole rings is 1. The molecule has 0 spiro atoms. The monoisotopic (exact) mass is 305 g/mol. The molecule has 0 radical (unpaired) electrons. The summed E-state index contributed by atoms with van der Waals surface area (Å²) in [5.41, 5.74) is 2.06. The fourth-order valence-corrected chi connectivity index (χ4v) is 3.38. The highest BCUT2D eigenvalue weighted by Gasteiger charge is 2.07. The average Bonchev–Trinajstić information content (AvgIpc) is 3.09. The topological polar surface area (TPSA) is 66.5 Å². The van der Waals surface area contributed by atoms with Gasteiger partial charge in [0.1, 0.15) is 5.01 Å². The van der Waals surface area contributed by atoms with E-state index in [0.717, 1.165) is 45.0 Å². The quantitative estimate of drug-likeness (QED) is 0.682. The molecular weight excluding hydrogens is 290 g/mol. The summed E-state index contributed by atoms with van der Waals surface area (Å²) in [5.74, 6) is 0.783. The van der Waals surface area contributed by atoms with E-state index in [4.69, 9.17) is 0 Å². The summed E-state index contributed by atoms with van der Waals surface area (Å²) < 4.78 is 0. The largest absolute Gasteiger partial charge is 0.360 e. The summed E-state index contributed by atoms with van der Waals surface area (Å²) in [7, 11) is 0. The molecular formula is C13H15N5S2. The number of aromatic amines is 1. The van der Waals surface area contributed by atoms with Crippen LogP contribution in [0.2, 0.25) is 0 Å². The van der Waals surface area contributed by atoms with Crippen molar-refractivity contribution in [3.8, 4) is 0 Å². The molecule has 0 aliphatic carbocycles. The molecule has 0 aliphatic heterocycles. The van der Waals surface area contributed by atoms with E-state index in [1.54, 1.807) is 23.1 Å². The number of hydrogen-bond donors (Lipinski definition) is 2. The Morgan fingerprint density at radius 3 is 3.05 bits per heavy atom. The number of aromatic nitrogens is 4. The molecule has 5 nitrogen and oxygen atoms in total. The second-order valence-corrected chi connectivity index (χ2v) is 6.30. The maximum Gasteiger partial charge on any atom is 0.205 e. The fraction of sp³-hybridized carbons (Fsp3) is 0.308. The van der Waals surface area contributed by atoms with Gasteiger partial charge in [0.2, 0.25) is 5.13 Å². The van der Waals surface area contributed by atoms with Crippen molar-refractivity contribution in [2.75, 3.05) is 11.9 Å². The first kappa shape index (κ1) is 13.4. The van der Waals surface area contributed by atoms with Crippen molar-refractivity contribution in [3.05, 3.63) is 29.3 Å².